The first kappa shape index (κ1) is 14.7. The molecular formula is C9H11B2FN2O4. The number of rotatable bonds is 1. The van der Waals surface area contributed by atoms with Crippen LogP contribution >= 0.6 is 0 Å². The molecule has 18 heavy (non-hydrogen) atoms. The van der Waals surface area contributed by atoms with Gasteiger partial charge in [-0.1, -0.05) is 0 Å². The van der Waals surface area contributed by atoms with Crippen molar-refractivity contribution >= 4 is 15.7 Å². The van der Waals surface area contributed by atoms with Gasteiger partial charge in [0.2, 0.25) is 5.82 Å². The third kappa shape index (κ3) is 3.58. The van der Waals surface area contributed by atoms with E-state index in [2.05, 4.69) is 7.85 Å². The number of aliphatic hydroxyl groups excluding tert-OH is 1. The minimum Gasteiger partial charge on any atom is -0.406 e. The molecule has 6 nitrogen and oxygen atoms in total. The van der Waals surface area contributed by atoms with Crippen molar-refractivity contribution in [2.24, 2.45) is 0 Å². The van der Waals surface area contributed by atoms with Gasteiger partial charge in [0.05, 0.1) is 6.20 Å². The van der Waals surface area contributed by atoms with Crippen LogP contribution in [-0.4, -0.2) is 42.9 Å². The Kier molecular flexibility index (Phi) is 5.36. The standard InChI is InChI=1S/C8H8BFN2O3.CH3BO/c9-5-1-2-6(15-5)12-3-4(10)7(13)11-8(12)14;2-1-3/h3,5-6H,1-2H2,(H,11,13,14);3H,1H2/t5-,6?;/m0./s1. The fraction of sp³-hybridized carbons (Fsp3) is 0.556. The van der Waals surface area contributed by atoms with E-state index in [1.165, 1.54) is 0 Å². The molecule has 2 rings (SSSR count). The first-order chi connectivity index (χ1) is 8.49. The largest absolute Gasteiger partial charge is 0.406 e. The summed E-state index contributed by atoms with van der Waals surface area (Å²) in [5, 5.41) is 7.35. The number of ether oxygens (including phenoxy) is 1. The second kappa shape index (κ2) is 6.55. The zero-order chi connectivity index (χ0) is 13.7. The smallest absolute Gasteiger partial charge is 0.330 e. The lowest BCUT2D eigenvalue weighted by Crippen LogP contribution is -2.33. The van der Waals surface area contributed by atoms with Gasteiger partial charge >= 0.3 is 5.69 Å². The lowest BCUT2D eigenvalue weighted by molar-refractivity contribution is 0.0332. The minimum atomic E-state index is -1.03. The Hall–Kier alpha value is -1.34. The number of H-pyrrole nitrogens is 1. The van der Waals surface area contributed by atoms with E-state index in [0.29, 0.717) is 12.8 Å². The van der Waals surface area contributed by atoms with Crippen LogP contribution in [-0.2, 0) is 4.74 Å². The Morgan fingerprint density at radius 1 is 1.56 bits per heavy atom. The molecule has 94 valence electrons. The van der Waals surface area contributed by atoms with Gasteiger partial charge in [-0.3, -0.25) is 14.3 Å². The van der Waals surface area contributed by atoms with Crippen molar-refractivity contribution in [1.29, 1.82) is 0 Å². The van der Waals surface area contributed by atoms with E-state index < -0.39 is 29.3 Å². The van der Waals surface area contributed by atoms with E-state index in [4.69, 9.17) is 17.7 Å². The molecule has 1 aromatic heterocycles. The molecule has 0 saturated carbocycles. The Bertz CT molecular complexity index is 504. The molecular weight excluding hydrogens is 241 g/mol. The van der Waals surface area contributed by atoms with Crippen molar-refractivity contribution in [3.63, 3.8) is 0 Å². The van der Waals surface area contributed by atoms with E-state index in [0.717, 1.165) is 10.8 Å². The molecule has 0 bridgehead atoms. The Labute approximate surface area is 105 Å². The molecule has 1 saturated heterocycles. The van der Waals surface area contributed by atoms with Crippen LogP contribution in [0.15, 0.2) is 15.8 Å². The summed E-state index contributed by atoms with van der Waals surface area (Å²) in [7, 11) is 9.88. The van der Waals surface area contributed by atoms with Gasteiger partial charge in [0.1, 0.15) is 21.9 Å². The van der Waals surface area contributed by atoms with Crippen molar-refractivity contribution in [1.82, 2.24) is 9.55 Å². The summed E-state index contributed by atoms with van der Waals surface area (Å²) >= 11 is 0. The van der Waals surface area contributed by atoms with Crippen LogP contribution in [0.25, 0.3) is 0 Å². The fourth-order valence-corrected chi connectivity index (χ4v) is 1.52. The van der Waals surface area contributed by atoms with Crippen molar-refractivity contribution in [2.45, 2.75) is 25.1 Å². The van der Waals surface area contributed by atoms with E-state index in [-0.39, 0.29) is 6.51 Å². The third-order valence-corrected chi connectivity index (χ3v) is 2.26. The van der Waals surface area contributed by atoms with Crippen LogP contribution in [0.3, 0.4) is 0 Å². The van der Waals surface area contributed by atoms with Crippen LogP contribution in [0.2, 0.25) is 0 Å². The predicted molar refractivity (Wildman–Crippen MR) is 63.0 cm³/mol. The SMILES string of the molecule is [B]CO.[B][C@@H]1CCC(n2cc(F)c(=O)[nH]c2=O)O1. The average Bonchev–Trinajstić information content (AvgIpc) is 2.71. The van der Waals surface area contributed by atoms with E-state index in [9.17, 15) is 14.0 Å². The summed E-state index contributed by atoms with van der Waals surface area (Å²) in [6.07, 6.45) is 1.35. The molecule has 1 aliphatic rings. The highest BCUT2D eigenvalue weighted by Crippen LogP contribution is 2.24. The van der Waals surface area contributed by atoms with Crippen molar-refractivity contribution in [3.05, 3.63) is 32.9 Å². The van der Waals surface area contributed by atoms with Crippen molar-refractivity contribution in [2.75, 3.05) is 6.51 Å². The van der Waals surface area contributed by atoms with Gasteiger partial charge in [0, 0.05) is 12.5 Å². The lowest BCUT2D eigenvalue weighted by atomic mass is 9.98. The summed E-state index contributed by atoms with van der Waals surface area (Å²) in [5.41, 5.74) is -1.72. The molecule has 0 aliphatic carbocycles. The molecule has 2 atom stereocenters. The number of halogens is 1. The molecule has 0 aromatic carbocycles. The first-order valence-corrected chi connectivity index (χ1v) is 5.22. The Balaban J connectivity index is 0.000000492. The molecule has 0 amide bonds. The monoisotopic (exact) mass is 252 g/mol. The number of nitrogens with one attached hydrogen (secondary N) is 1. The van der Waals surface area contributed by atoms with E-state index in [1.54, 1.807) is 0 Å². The van der Waals surface area contributed by atoms with Gasteiger partial charge in [0.25, 0.3) is 5.56 Å². The highest BCUT2D eigenvalue weighted by molar-refractivity contribution is 6.11. The summed E-state index contributed by atoms with van der Waals surface area (Å²) in [6.45, 7) is -0.250. The van der Waals surface area contributed by atoms with E-state index >= 15 is 0 Å². The molecule has 9 heteroatoms. The van der Waals surface area contributed by atoms with Gasteiger partial charge in [0.15, 0.2) is 0 Å². The van der Waals surface area contributed by atoms with Crippen LogP contribution < -0.4 is 11.2 Å². The van der Waals surface area contributed by atoms with Crippen LogP contribution in [0.4, 0.5) is 4.39 Å². The van der Waals surface area contributed by atoms with Gasteiger partial charge in [-0.15, -0.1) is 0 Å². The summed E-state index contributed by atoms with van der Waals surface area (Å²) in [4.78, 5) is 23.9. The topological polar surface area (TPSA) is 84.3 Å². The normalized spacial score (nSPS) is 22.3. The quantitative estimate of drug-likeness (QED) is 0.601. The average molecular weight is 252 g/mol. The zero-order valence-electron chi connectivity index (χ0n) is 9.51. The van der Waals surface area contributed by atoms with Gasteiger partial charge in [-0.05, 0) is 12.8 Å². The summed E-state index contributed by atoms with van der Waals surface area (Å²) < 4.78 is 19.1. The van der Waals surface area contributed by atoms with Crippen LogP contribution in [0.1, 0.15) is 19.1 Å². The number of aromatic nitrogens is 2. The second-order valence-electron chi connectivity index (χ2n) is 3.53. The molecule has 0 spiro atoms. The van der Waals surface area contributed by atoms with Crippen LogP contribution in [0, 0.1) is 5.82 Å². The molecule has 1 fully saturated rings. The highest BCUT2D eigenvalue weighted by Gasteiger charge is 2.24. The zero-order valence-corrected chi connectivity index (χ0v) is 9.51. The number of hydrogen-bond donors (Lipinski definition) is 2. The van der Waals surface area contributed by atoms with Crippen molar-refractivity contribution in [3.8, 4) is 0 Å². The minimum absolute atomic E-state index is 0.250. The maximum absolute atomic E-state index is 12.9. The van der Waals surface area contributed by atoms with E-state index in [1.807, 2.05) is 4.98 Å². The number of nitrogens with zero attached hydrogens (tertiary/aromatic N) is 1. The number of aromatic amines is 1. The maximum Gasteiger partial charge on any atom is 0.330 e. The maximum atomic E-state index is 12.9. The highest BCUT2D eigenvalue weighted by atomic mass is 19.1. The predicted octanol–water partition coefficient (Wildman–Crippen LogP) is -1.42. The Morgan fingerprint density at radius 2 is 2.17 bits per heavy atom. The third-order valence-electron chi connectivity index (χ3n) is 2.26. The van der Waals surface area contributed by atoms with Gasteiger partial charge in [-0.25, -0.2) is 4.79 Å². The second-order valence-corrected chi connectivity index (χ2v) is 3.53. The van der Waals surface area contributed by atoms with Crippen molar-refractivity contribution < 1.29 is 14.2 Å². The summed E-state index contributed by atoms with van der Waals surface area (Å²) in [5.74, 6) is -1.02. The molecule has 1 aliphatic heterocycles. The fourth-order valence-electron chi connectivity index (χ4n) is 1.52. The molecule has 2 heterocycles. The van der Waals surface area contributed by atoms with Gasteiger partial charge < -0.3 is 9.84 Å². The Morgan fingerprint density at radius 3 is 2.67 bits per heavy atom. The van der Waals surface area contributed by atoms with Gasteiger partial charge in [-0.2, -0.15) is 4.39 Å². The molecule has 2 N–H and O–H groups in total. The van der Waals surface area contributed by atoms with Crippen LogP contribution in [0.5, 0.6) is 0 Å². The molecule has 1 aromatic rings. The number of hydrogen-bond acceptors (Lipinski definition) is 4. The molecule has 4 radical (unpaired) electrons. The summed E-state index contributed by atoms with van der Waals surface area (Å²) in [6, 6.07) is -0.447. The first-order valence-electron chi connectivity index (χ1n) is 5.22. The lowest BCUT2D eigenvalue weighted by Gasteiger charge is -2.13. The number of aliphatic hydroxyl groups is 1. The molecule has 1 unspecified atom stereocenters.